The fraction of sp³-hybridized carbons (Fsp3) is 0.625. The van der Waals surface area contributed by atoms with E-state index in [0.717, 1.165) is 23.7 Å². The second-order valence-electron chi connectivity index (χ2n) is 5.29. The number of halogens is 1. The van der Waals surface area contributed by atoms with Gasteiger partial charge in [-0.05, 0) is 24.5 Å². The van der Waals surface area contributed by atoms with Crippen LogP contribution in [0.5, 0.6) is 0 Å². The topological polar surface area (TPSA) is 21.3 Å². The van der Waals surface area contributed by atoms with Gasteiger partial charge in [-0.1, -0.05) is 55.5 Å². The van der Waals surface area contributed by atoms with E-state index in [0.29, 0.717) is 12.6 Å². The van der Waals surface area contributed by atoms with Crippen LogP contribution in [0.25, 0.3) is 0 Å². The molecule has 0 radical (unpaired) electrons. The van der Waals surface area contributed by atoms with Crippen molar-refractivity contribution in [3.8, 4) is 0 Å². The van der Waals surface area contributed by atoms with Crippen LogP contribution in [-0.2, 0) is 11.3 Å². The smallest absolute Gasteiger partial charge is 0.0731 e. The number of rotatable bonds is 6. The zero-order valence-corrected chi connectivity index (χ0v) is 12.3. The third-order valence-electron chi connectivity index (χ3n) is 3.75. The molecule has 0 aromatic heterocycles. The molecule has 0 aliphatic heterocycles. The lowest BCUT2D eigenvalue weighted by molar-refractivity contribution is 0.120. The predicted molar refractivity (Wildman–Crippen MR) is 80.6 cm³/mol. The molecular formula is C16H24ClNO. The summed E-state index contributed by atoms with van der Waals surface area (Å²) in [5.41, 5.74) is 1.07. The van der Waals surface area contributed by atoms with Crippen molar-refractivity contribution in [2.24, 2.45) is 0 Å². The highest BCUT2D eigenvalue weighted by atomic mass is 35.5. The molecule has 0 unspecified atom stereocenters. The SMILES string of the molecule is Clc1ccccc1COCCNC1CCCCCC1. The lowest BCUT2D eigenvalue weighted by Gasteiger charge is -2.16. The second-order valence-corrected chi connectivity index (χ2v) is 5.69. The van der Waals surface area contributed by atoms with Crippen LogP contribution in [0.3, 0.4) is 0 Å². The summed E-state index contributed by atoms with van der Waals surface area (Å²) in [4.78, 5) is 0. The highest BCUT2D eigenvalue weighted by Crippen LogP contribution is 2.17. The van der Waals surface area contributed by atoms with Crippen LogP contribution in [0.4, 0.5) is 0 Å². The number of nitrogens with one attached hydrogen (secondary N) is 1. The van der Waals surface area contributed by atoms with Crippen LogP contribution in [0.2, 0.25) is 5.02 Å². The monoisotopic (exact) mass is 281 g/mol. The van der Waals surface area contributed by atoms with Crippen LogP contribution in [0.15, 0.2) is 24.3 Å². The Kier molecular flexibility index (Phi) is 6.69. The summed E-state index contributed by atoms with van der Waals surface area (Å²) in [5.74, 6) is 0. The maximum Gasteiger partial charge on any atom is 0.0731 e. The first-order valence-corrected chi connectivity index (χ1v) is 7.78. The molecule has 0 bridgehead atoms. The van der Waals surface area contributed by atoms with Gasteiger partial charge in [-0.2, -0.15) is 0 Å². The van der Waals surface area contributed by atoms with Crippen LogP contribution in [0.1, 0.15) is 44.1 Å². The van der Waals surface area contributed by atoms with Crippen molar-refractivity contribution >= 4 is 11.6 Å². The Hall–Kier alpha value is -0.570. The lowest BCUT2D eigenvalue weighted by atomic mass is 10.1. The third-order valence-corrected chi connectivity index (χ3v) is 4.12. The molecule has 0 amide bonds. The van der Waals surface area contributed by atoms with Crippen LogP contribution < -0.4 is 5.32 Å². The van der Waals surface area contributed by atoms with E-state index in [1.165, 1.54) is 38.5 Å². The number of hydrogen-bond acceptors (Lipinski definition) is 2. The second kappa shape index (κ2) is 8.57. The van der Waals surface area contributed by atoms with E-state index in [4.69, 9.17) is 16.3 Å². The molecule has 106 valence electrons. The predicted octanol–water partition coefficient (Wildman–Crippen LogP) is 4.17. The van der Waals surface area contributed by atoms with Gasteiger partial charge in [0.15, 0.2) is 0 Å². The van der Waals surface area contributed by atoms with Crippen molar-refractivity contribution in [1.29, 1.82) is 0 Å². The van der Waals surface area contributed by atoms with E-state index >= 15 is 0 Å². The summed E-state index contributed by atoms with van der Waals surface area (Å²) in [6.07, 6.45) is 8.20. The molecule has 1 aliphatic rings. The van der Waals surface area contributed by atoms with Crippen molar-refractivity contribution < 1.29 is 4.74 Å². The Morgan fingerprint density at radius 3 is 2.58 bits per heavy atom. The highest BCUT2D eigenvalue weighted by Gasteiger charge is 2.10. The number of ether oxygens (including phenoxy) is 1. The fourth-order valence-corrected chi connectivity index (χ4v) is 2.81. The first-order valence-electron chi connectivity index (χ1n) is 7.41. The Labute approximate surface area is 121 Å². The van der Waals surface area contributed by atoms with Crippen LogP contribution in [0, 0.1) is 0 Å². The van der Waals surface area contributed by atoms with Gasteiger partial charge in [0.25, 0.3) is 0 Å². The third kappa shape index (κ3) is 5.52. The first kappa shape index (κ1) is 14.8. The maximum absolute atomic E-state index is 6.08. The highest BCUT2D eigenvalue weighted by molar-refractivity contribution is 6.31. The minimum atomic E-state index is 0.603. The Balaban J connectivity index is 1.58. The molecule has 19 heavy (non-hydrogen) atoms. The van der Waals surface area contributed by atoms with Gasteiger partial charge in [0.05, 0.1) is 13.2 Å². The van der Waals surface area contributed by atoms with E-state index in [-0.39, 0.29) is 0 Å². The molecular weight excluding hydrogens is 258 g/mol. The van der Waals surface area contributed by atoms with Gasteiger partial charge in [0.1, 0.15) is 0 Å². The Bertz CT molecular complexity index is 362. The quantitative estimate of drug-likeness (QED) is 0.624. The van der Waals surface area contributed by atoms with E-state index in [2.05, 4.69) is 5.32 Å². The van der Waals surface area contributed by atoms with Gasteiger partial charge in [-0.25, -0.2) is 0 Å². The van der Waals surface area contributed by atoms with E-state index in [9.17, 15) is 0 Å². The minimum absolute atomic E-state index is 0.603. The van der Waals surface area contributed by atoms with Gasteiger partial charge in [0.2, 0.25) is 0 Å². The standard InChI is InChI=1S/C16H24ClNO/c17-16-10-6-5-7-14(16)13-19-12-11-18-15-8-3-1-2-4-9-15/h5-7,10,15,18H,1-4,8-9,11-13H2. The van der Waals surface area contributed by atoms with Gasteiger partial charge in [0, 0.05) is 17.6 Å². The summed E-state index contributed by atoms with van der Waals surface area (Å²) in [7, 11) is 0. The van der Waals surface area contributed by atoms with Crippen molar-refractivity contribution in [2.45, 2.75) is 51.2 Å². The lowest BCUT2D eigenvalue weighted by Crippen LogP contribution is -2.31. The van der Waals surface area contributed by atoms with Gasteiger partial charge in [-0.3, -0.25) is 0 Å². The molecule has 2 nitrogen and oxygen atoms in total. The summed E-state index contributed by atoms with van der Waals surface area (Å²) in [6, 6.07) is 8.56. The number of benzene rings is 1. The first-order chi connectivity index (χ1) is 9.36. The summed E-state index contributed by atoms with van der Waals surface area (Å²) in [6.45, 7) is 2.29. The van der Waals surface area contributed by atoms with Crippen molar-refractivity contribution in [3.05, 3.63) is 34.9 Å². The number of hydrogen-bond donors (Lipinski definition) is 1. The summed E-state index contributed by atoms with van der Waals surface area (Å²) >= 11 is 6.08. The Morgan fingerprint density at radius 2 is 1.84 bits per heavy atom. The molecule has 0 atom stereocenters. The molecule has 2 rings (SSSR count). The molecule has 1 aromatic carbocycles. The van der Waals surface area contributed by atoms with Gasteiger partial charge < -0.3 is 10.1 Å². The van der Waals surface area contributed by atoms with E-state index < -0.39 is 0 Å². The normalized spacial score (nSPS) is 17.3. The van der Waals surface area contributed by atoms with Crippen LogP contribution in [-0.4, -0.2) is 19.2 Å². The molecule has 0 saturated heterocycles. The fourth-order valence-electron chi connectivity index (χ4n) is 2.62. The largest absolute Gasteiger partial charge is 0.375 e. The van der Waals surface area contributed by atoms with Gasteiger partial charge >= 0.3 is 0 Å². The van der Waals surface area contributed by atoms with E-state index in [1.807, 2.05) is 24.3 Å². The van der Waals surface area contributed by atoms with Crippen molar-refractivity contribution in [3.63, 3.8) is 0 Å². The van der Waals surface area contributed by atoms with Crippen molar-refractivity contribution in [1.82, 2.24) is 5.32 Å². The van der Waals surface area contributed by atoms with Gasteiger partial charge in [-0.15, -0.1) is 0 Å². The van der Waals surface area contributed by atoms with Crippen LogP contribution >= 0.6 is 11.6 Å². The zero-order valence-electron chi connectivity index (χ0n) is 11.5. The Morgan fingerprint density at radius 1 is 1.11 bits per heavy atom. The molecule has 1 fully saturated rings. The maximum atomic E-state index is 6.08. The molecule has 0 heterocycles. The average Bonchev–Trinajstić information content (AvgIpc) is 2.69. The average molecular weight is 282 g/mol. The van der Waals surface area contributed by atoms with Crippen molar-refractivity contribution in [2.75, 3.05) is 13.2 Å². The van der Waals surface area contributed by atoms with E-state index in [1.54, 1.807) is 0 Å². The molecule has 1 aromatic rings. The molecule has 3 heteroatoms. The molecule has 1 saturated carbocycles. The molecule has 1 N–H and O–H groups in total. The summed E-state index contributed by atoms with van der Waals surface area (Å²) in [5, 5.41) is 4.40. The summed E-state index contributed by atoms with van der Waals surface area (Å²) < 4.78 is 5.68. The molecule has 0 spiro atoms. The zero-order chi connectivity index (χ0) is 13.3. The molecule has 1 aliphatic carbocycles. The minimum Gasteiger partial charge on any atom is -0.375 e.